The predicted octanol–water partition coefficient (Wildman–Crippen LogP) is 4.81. The van der Waals surface area contributed by atoms with Gasteiger partial charge in [0.15, 0.2) is 0 Å². The molecule has 2 aromatic rings. The lowest BCUT2D eigenvalue weighted by Crippen LogP contribution is -2.26. The van der Waals surface area contributed by atoms with Crippen LogP contribution < -0.4 is 5.32 Å². The van der Waals surface area contributed by atoms with Crippen molar-refractivity contribution in [2.45, 2.75) is 77.8 Å². The number of nitrogens with one attached hydrogen (secondary N) is 1. The van der Waals surface area contributed by atoms with Gasteiger partial charge < -0.3 is 9.88 Å². The zero-order valence-electron chi connectivity index (χ0n) is 15.5. The number of carbonyl (C=O) groups is 1. The van der Waals surface area contributed by atoms with Crippen molar-refractivity contribution in [2.75, 3.05) is 0 Å². The molecule has 1 heterocycles. The Balaban J connectivity index is 1.56. The largest absolute Gasteiger partial charge is 0.349 e. The average molecular weight is 341 g/mol. The molecule has 4 nitrogen and oxygen atoms in total. The standard InChI is InChI=1S/C21H31N3O/c1-2-3-4-5-6-7-10-15-24-19-12-9-8-11-18(19)23-20(24)16-22-21(25)17-13-14-17/h8-9,11-12,17H,2-7,10,13-16H2,1H3,(H,22,25). The van der Waals surface area contributed by atoms with Gasteiger partial charge in [-0.3, -0.25) is 4.79 Å². The highest BCUT2D eigenvalue weighted by Gasteiger charge is 2.29. The molecule has 136 valence electrons. The first kappa shape index (κ1) is 18.0. The van der Waals surface area contributed by atoms with E-state index in [1.807, 2.05) is 6.07 Å². The molecule has 1 amide bonds. The molecule has 1 aliphatic rings. The second-order valence-electron chi connectivity index (χ2n) is 7.28. The summed E-state index contributed by atoms with van der Waals surface area (Å²) in [7, 11) is 0. The minimum Gasteiger partial charge on any atom is -0.349 e. The van der Waals surface area contributed by atoms with Crippen LogP contribution in [0.25, 0.3) is 11.0 Å². The van der Waals surface area contributed by atoms with Crippen LogP contribution in [0.1, 0.15) is 70.5 Å². The lowest BCUT2D eigenvalue weighted by Gasteiger charge is -2.10. The summed E-state index contributed by atoms with van der Waals surface area (Å²) in [5, 5.41) is 3.06. The van der Waals surface area contributed by atoms with Gasteiger partial charge in [0, 0.05) is 12.5 Å². The van der Waals surface area contributed by atoms with Gasteiger partial charge in [-0.1, -0.05) is 57.6 Å². The van der Waals surface area contributed by atoms with Crippen molar-refractivity contribution in [1.29, 1.82) is 0 Å². The van der Waals surface area contributed by atoms with E-state index in [4.69, 9.17) is 4.98 Å². The van der Waals surface area contributed by atoms with Crippen LogP contribution in [0.15, 0.2) is 24.3 Å². The van der Waals surface area contributed by atoms with Gasteiger partial charge in [0.25, 0.3) is 0 Å². The minimum absolute atomic E-state index is 0.189. The van der Waals surface area contributed by atoms with Gasteiger partial charge in [0.2, 0.25) is 5.91 Å². The molecule has 1 saturated carbocycles. The number of aromatic nitrogens is 2. The maximum atomic E-state index is 11.9. The number of hydrogen-bond acceptors (Lipinski definition) is 2. The molecule has 1 N–H and O–H groups in total. The molecule has 3 rings (SSSR count). The molecule has 1 aromatic heterocycles. The fourth-order valence-corrected chi connectivity index (χ4v) is 3.39. The van der Waals surface area contributed by atoms with E-state index < -0.39 is 0 Å². The van der Waals surface area contributed by atoms with Crippen LogP contribution in [0.5, 0.6) is 0 Å². The number of hydrogen-bond donors (Lipinski definition) is 1. The Morgan fingerprint density at radius 1 is 1.12 bits per heavy atom. The Morgan fingerprint density at radius 3 is 2.60 bits per heavy atom. The van der Waals surface area contributed by atoms with Crippen molar-refractivity contribution in [3.63, 3.8) is 0 Å². The van der Waals surface area contributed by atoms with Gasteiger partial charge in [-0.2, -0.15) is 0 Å². The molecule has 4 heteroatoms. The first-order chi connectivity index (χ1) is 12.3. The topological polar surface area (TPSA) is 46.9 Å². The molecule has 0 unspecified atom stereocenters. The average Bonchev–Trinajstić information content (AvgIpc) is 3.42. The SMILES string of the molecule is CCCCCCCCCn1c(CNC(=O)C2CC2)nc2ccccc21. The molecule has 0 atom stereocenters. The van der Waals surface area contributed by atoms with Crippen LogP contribution in [-0.2, 0) is 17.9 Å². The summed E-state index contributed by atoms with van der Waals surface area (Å²) < 4.78 is 2.30. The number of amides is 1. The maximum Gasteiger partial charge on any atom is 0.223 e. The van der Waals surface area contributed by atoms with Gasteiger partial charge in [0.05, 0.1) is 17.6 Å². The lowest BCUT2D eigenvalue weighted by atomic mass is 10.1. The van der Waals surface area contributed by atoms with E-state index in [0.29, 0.717) is 6.54 Å². The second kappa shape index (κ2) is 9.02. The maximum absolute atomic E-state index is 11.9. The highest BCUT2D eigenvalue weighted by Crippen LogP contribution is 2.29. The van der Waals surface area contributed by atoms with Gasteiger partial charge in [-0.15, -0.1) is 0 Å². The number of para-hydroxylation sites is 2. The molecule has 1 fully saturated rings. The Morgan fingerprint density at radius 2 is 1.84 bits per heavy atom. The highest BCUT2D eigenvalue weighted by atomic mass is 16.2. The summed E-state index contributed by atoms with van der Waals surface area (Å²) >= 11 is 0. The summed E-state index contributed by atoms with van der Waals surface area (Å²) in [5.74, 6) is 1.43. The number of unbranched alkanes of at least 4 members (excludes halogenated alkanes) is 6. The summed E-state index contributed by atoms with van der Waals surface area (Å²) in [6.07, 6.45) is 11.2. The van der Waals surface area contributed by atoms with Gasteiger partial charge in [0.1, 0.15) is 5.82 Å². The molecular formula is C21H31N3O. The Kier molecular flexibility index (Phi) is 6.48. The van der Waals surface area contributed by atoms with Crippen molar-refractivity contribution in [3.8, 4) is 0 Å². The predicted molar refractivity (Wildman–Crippen MR) is 102 cm³/mol. The first-order valence-electron chi connectivity index (χ1n) is 10.0. The summed E-state index contributed by atoms with van der Waals surface area (Å²) in [5.41, 5.74) is 2.21. The number of nitrogens with zero attached hydrogens (tertiary/aromatic N) is 2. The third-order valence-electron chi connectivity index (χ3n) is 5.09. The Hall–Kier alpha value is -1.84. The molecule has 1 aliphatic carbocycles. The number of imidazole rings is 1. The van der Waals surface area contributed by atoms with E-state index in [9.17, 15) is 4.79 Å². The van der Waals surface area contributed by atoms with E-state index >= 15 is 0 Å². The van der Waals surface area contributed by atoms with Crippen LogP contribution in [-0.4, -0.2) is 15.5 Å². The fourth-order valence-electron chi connectivity index (χ4n) is 3.39. The molecule has 0 spiro atoms. The third-order valence-corrected chi connectivity index (χ3v) is 5.09. The van der Waals surface area contributed by atoms with E-state index in [2.05, 4.69) is 35.0 Å². The van der Waals surface area contributed by atoms with Crippen LogP contribution in [0.3, 0.4) is 0 Å². The summed E-state index contributed by atoms with van der Waals surface area (Å²) in [6.45, 7) is 3.79. The molecular weight excluding hydrogens is 310 g/mol. The number of fused-ring (bicyclic) bond motifs is 1. The summed E-state index contributed by atoms with van der Waals surface area (Å²) in [6, 6.07) is 8.29. The van der Waals surface area contributed by atoms with Crippen LogP contribution in [0.4, 0.5) is 0 Å². The van der Waals surface area contributed by atoms with Gasteiger partial charge in [-0.25, -0.2) is 4.98 Å². The summed E-state index contributed by atoms with van der Waals surface area (Å²) in [4.78, 5) is 16.7. The van der Waals surface area contributed by atoms with Crippen LogP contribution in [0, 0.1) is 5.92 Å². The molecule has 0 saturated heterocycles. The number of carbonyl (C=O) groups excluding carboxylic acids is 1. The zero-order valence-corrected chi connectivity index (χ0v) is 15.5. The number of aryl methyl sites for hydroxylation is 1. The van der Waals surface area contributed by atoms with Gasteiger partial charge in [-0.05, 0) is 31.4 Å². The normalized spacial score (nSPS) is 14.1. The second-order valence-corrected chi connectivity index (χ2v) is 7.28. The van der Waals surface area contributed by atoms with Crippen LogP contribution in [0.2, 0.25) is 0 Å². The minimum atomic E-state index is 0.189. The zero-order chi connectivity index (χ0) is 17.5. The molecule has 25 heavy (non-hydrogen) atoms. The number of rotatable bonds is 11. The van der Waals surface area contributed by atoms with E-state index in [-0.39, 0.29) is 11.8 Å². The monoisotopic (exact) mass is 341 g/mol. The highest BCUT2D eigenvalue weighted by molar-refractivity contribution is 5.81. The van der Waals surface area contributed by atoms with E-state index in [1.54, 1.807) is 0 Å². The fraction of sp³-hybridized carbons (Fsp3) is 0.619. The smallest absolute Gasteiger partial charge is 0.223 e. The molecule has 0 bridgehead atoms. The van der Waals surface area contributed by atoms with E-state index in [1.165, 1.54) is 50.5 Å². The van der Waals surface area contributed by atoms with Crippen molar-refractivity contribution >= 4 is 16.9 Å². The molecule has 1 aromatic carbocycles. The molecule has 0 radical (unpaired) electrons. The van der Waals surface area contributed by atoms with Crippen molar-refractivity contribution in [2.24, 2.45) is 5.92 Å². The van der Waals surface area contributed by atoms with Crippen molar-refractivity contribution in [1.82, 2.24) is 14.9 Å². The van der Waals surface area contributed by atoms with Gasteiger partial charge >= 0.3 is 0 Å². The lowest BCUT2D eigenvalue weighted by molar-refractivity contribution is -0.122. The quantitative estimate of drug-likeness (QED) is 0.596. The third kappa shape index (κ3) is 5.07. The van der Waals surface area contributed by atoms with Crippen LogP contribution >= 0.6 is 0 Å². The number of benzene rings is 1. The van der Waals surface area contributed by atoms with Crippen molar-refractivity contribution < 1.29 is 4.79 Å². The Labute approximate surface area is 151 Å². The molecule has 0 aliphatic heterocycles. The van der Waals surface area contributed by atoms with Crippen molar-refractivity contribution in [3.05, 3.63) is 30.1 Å². The first-order valence-corrected chi connectivity index (χ1v) is 10.0. The van der Waals surface area contributed by atoms with E-state index in [0.717, 1.165) is 30.7 Å². The Bertz CT molecular complexity index is 688.